The molecule has 13 heteroatoms. The molecule has 331 valence electrons. The molecule has 4 aliphatic heterocycles. The summed E-state index contributed by atoms with van der Waals surface area (Å²) in [6.07, 6.45) is 7.08. The summed E-state index contributed by atoms with van der Waals surface area (Å²) >= 11 is 0. The SMILES string of the molecule is CC[C@]1(O)CCC[C@](C(=O)OC)(c2cc3c(cc2OC)N(C)[C@@]2(C)[C@@](O)(C(=O)NCCC[Si](C)C)[C@H](O)[C@]4(CC)C=CCN5CC[C@]32C54)c2[nH]c3ccccc3c2CCNC1. The van der Waals surface area contributed by atoms with Gasteiger partial charge in [0, 0.05) is 86.3 Å². The van der Waals surface area contributed by atoms with Gasteiger partial charge in [-0.05, 0) is 94.6 Å². The average Bonchev–Trinajstić information content (AvgIpc) is 3.90. The zero-order valence-corrected chi connectivity index (χ0v) is 38.5. The van der Waals surface area contributed by atoms with Crippen LogP contribution in [0.3, 0.4) is 0 Å². The van der Waals surface area contributed by atoms with Gasteiger partial charge in [0.15, 0.2) is 5.60 Å². The number of aromatic nitrogens is 1. The van der Waals surface area contributed by atoms with E-state index >= 15 is 9.59 Å². The predicted molar refractivity (Wildman–Crippen MR) is 241 cm³/mol. The largest absolute Gasteiger partial charge is 0.496 e. The number of ether oxygens (including phenoxy) is 2. The number of benzene rings is 2. The number of aliphatic hydroxyl groups is 3. The van der Waals surface area contributed by atoms with Crippen molar-refractivity contribution in [2.75, 3.05) is 58.9 Å². The molecule has 1 amide bonds. The number of hydrogen-bond donors (Lipinski definition) is 6. The molecule has 12 nitrogen and oxygen atoms in total. The van der Waals surface area contributed by atoms with E-state index in [2.05, 4.69) is 57.9 Å². The molecular weight excluding hydrogens is 787 g/mol. The van der Waals surface area contributed by atoms with Gasteiger partial charge in [-0.2, -0.15) is 0 Å². The van der Waals surface area contributed by atoms with Crippen molar-refractivity contribution in [3.8, 4) is 5.75 Å². The van der Waals surface area contributed by atoms with Gasteiger partial charge in [0.25, 0.3) is 5.91 Å². The standard InChI is InChI=1S/C48H68N5O7Si/c1-9-44(57)19-13-21-46(42(56)60-6,38-32(18-24-49-30-44)31-16-11-12-17-35(31)51-38)34-28-33-36(29-37(34)59-5)52(4)43(3)47(33)22-26-53-25-14-20-45(10-2,39(47)53)40(54)48(43,58)41(55)50-23-15-27-61(7)8/h11-12,14,16-17,20,28-29,39-40,49,51,54,57-58H,9-10,13,15,18-19,21-27,30H2,1-8H3,(H,50,55)/t39?,40-,43-,44+,45-,46+,47-,48+/m1/s1. The molecule has 1 unspecified atom stereocenters. The number of para-hydroxylation sites is 1. The molecule has 3 aromatic rings. The van der Waals surface area contributed by atoms with E-state index in [-0.39, 0.29) is 6.04 Å². The Labute approximate surface area is 363 Å². The molecule has 8 atom stereocenters. The van der Waals surface area contributed by atoms with Gasteiger partial charge in [0.2, 0.25) is 0 Å². The van der Waals surface area contributed by atoms with Gasteiger partial charge in [-0.3, -0.25) is 14.5 Å². The molecule has 1 aromatic heterocycles. The Morgan fingerprint density at radius 3 is 2.52 bits per heavy atom. The summed E-state index contributed by atoms with van der Waals surface area (Å²) in [5, 5.41) is 46.0. The van der Waals surface area contributed by atoms with Crippen LogP contribution in [0.25, 0.3) is 10.9 Å². The monoisotopic (exact) mass is 854 g/mol. The second kappa shape index (κ2) is 15.8. The van der Waals surface area contributed by atoms with E-state index in [9.17, 15) is 15.3 Å². The molecule has 1 radical (unpaired) electrons. The van der Waals surface area contributed by atoms with Gasteiger partial charge in [-0.1, -0.05) is 63.3 Å². The van der Waals surface area contributed by atoms with Gasteiger partial charge in [0.1, 0.15) is 17.3 Å². The predicted octanol–water partition coefficient (Wildman–Crippen LogP) is 4.95. The topological polar surface area (TPSA) is 160 Å². The number of nitrogens with zero attached hydrogens (tertiary/aromatic N) is 2. The third-order valence-corrected chi connectivity index (χ3v) is 17.8. The van der Waals surface area contributed by atoms with Gasteiger partial charge in [0.05, 0.1) is 25.4 Å². The highest BCUT2D eigenvalue weighted by Crippen LogP contribution is 2.71. The number of aliphatic hydroxyl groups excluding tert-OH is 1. The van der Waals surface area contributed by atoms with E-state index in [0.29, 0.717) is 89.0 Å². The van der Waals surface area contributed by atoms with Gasteiger partial charge in [-0.15, -0.1) is 0 Å². The van der Waals surface area contributed by atoms with Crippen LogP contribution >= 0.6 is 0 Å². The number of esters is 1. The van der Waals surface area contributed by atoms with E-state index in [0.717, 1.165) is 45.9 Å². The number of β-amino-alcohol motifs (C(OH)–C–C–N with tert-alkyl or cyclic N) is 1. The lowest BCUT2D eigenvalue weighted by Crippen LogP contribution is -2.87. The molecule has 1 saturated carbocycles. The molecule has 8 rings (SSSR count). The van der Waals surface area contributed by atoms with Crippen LogP contribution in [0.4, 0.5) is 5.69 Å². The van der Waals surface area contributed by atoms with Crippen LogP contribution in [0.5, 0.6) is 5.75 Å². The maximum Gasteiger partial charge on any atom is 0.322 e. The van der Waals surface area contributed by atoms with E-state index in [1.54, 1.807) is 7.11 Å². The molecule has 2 aromatic carbocycles. The molecule has 1 saturated heterocycles. The third-order valence-electron chi connectivity index (χ3n) is 16.4. The highest BCUT2D eigenvalue weighted by Gasteiger charge is 2.83. The minimum Gasteiger partial charge on any atom is -0.496 e. The number of likely N-dealkylation sites (N-methyl/N-ethyl adjacent to an activating group) is 1. The summed E-state index contributed by atoms with van der Waals surface area (Å²) in [5.74, 6) is -0.524. The summed E-state index contributed by atoms with van der Waals surface area (Å²) < 4.78 is 12.3. The van der Waals surface area contributed by atoms with Crippen molar-refractivity contribution < 1.29 is 34.4 Å². The molecule has 5 aliphatic rings. The normalized spacial score (nSPS) is 34.7. The Bertz CT molecular complexity index is 2210. The lowest BCUT2D eigenvalue weighted by atomic mass is 9.42. The smallest absolute Gasteiger partial charge is 0.322 e. The maximum atomic E-state index is 15.2. The van der Waals surface area contributed by atoms with Crippen LogP contribution in [-0.4, -0.2) is 129 Å². The number of methoxy groups -OCH3 is 2. The highest BCUT2D eigenvalue weighted by molar-refractivity contribution is 6.55. The summed E-state index contributed by atoms with van der Waals surface area (Å²) in [6.45, 7) is 13.3. The quantitative estimate of drug-likeness (QED) is 0.0714. The molecule has 5 heterocycles. The number of carbonyl (C=O) groups is 2. The van der Waals surface area contributed by atoms with Crippen molar-refractivity contribution in [2.24, 2.45) is 5.41 Å². The van der Waals surface area contributed by atoms with Crippen molar-refractivity contribution in [3.63, 3.8) is 0 Å². The van der Waals surface area contributed by atoms with Crippen LogP contribution < -0.4 is 20.3 Å². The molecule has 6 N–H and O–H groups in total. The molecule has 0 bridgehead atoms. The van der Waals surface area contributed by atoms with Crippen LogP contribution in [0.2, 0.25) is 19.1 Å². The summed E-state index contributed by atoms with van der Waals surface area (Å²) in [7, 11) is 4.47. The Kier molecular flexibility index (Phi) is 11.4. The second-order valence-corrected chi connectivity index (χ2v) is 22.1. The summed E-state index contributed by atoms with van der Waals surface area (Å²) in [5.41, 5.74) is -2.85. The van der Waals surface area contributed by atoms with E-state index in [1.165, 1.54) is 7.11 Å². The van der Waals surface area contributed by atoms with Crippen molar-refractivity contribution >= 4 is 37.3 Å². The molecular formula is C48H68N5O7Si. The highest BCUT2D eigenvalue weighted by atomic mass is 28.3. The first-order chi connectivity index (χ1) is 29.1. The van der Waals surface area contributed by atoms with Crippen LogP contribution in [0.1, 0.15) is 88.1 Å². The average molecular weight is 855 g/mol. The molecule has 2 fully saturated rings. The summed E-state index contributed by atoms with van der Waals surface area (Å²) in [4.78, 5) is 38.5. The number of nitrogens with one attached hydrogen (secondary N) is 3. The van der Waals surface area contributed by atoms with Gasteiger partial charge in [-0.25, -0.2) is 0 Å². The number of carbonyl (C=O) groups excluding carboxylic acids is 2. The third kappa shape index (κ3) is 5.92. The van der Waals surface area contributed by atoms with Crippen molar-refractivity contribution in [2.45, 2.75) is 131 Å². The van der Waals surface area contributed by atoms with Crippen molar-refractivity contribution in [1.82, 2.24) is 20.5 Å². The van der Waals surface area contributed by atoms with Crippen LogP contribution in [0.15, 0.2) is 48.6 Å². The number of rotatable bonds is 10. The lowest BCUT2D eigenvalue weighted by molar-refractivity contribution is -0.223. The first kappa shape index (κ1) is 43.9. The van der Waals surface area contributed by atoms with Gasteiger partial charge >= 0.3 is 5.97 Å². The first-order valence-electron chi connectivity index (χ1n) is 22.6. The van der Waals surface area contributed by atoms with E-state index in [1.807, 2.05) is 57.0 Å². The summed E-state index contributed by atoms with van der Waals surface area (Å²) in [6, 6.07) is 13.0. The van der Waals surface area contributed by atoms with Crippen molar-refractivity contribution in [3.05, 3.63) is 70.9 Å². The van der Waals surface area contributed by atoms with Crippen LogP contribution in [-0.2, 0) is 31.6 Å². The zero-order chi connectivity index (χ0) is 43.8. The number of hydrogen-bond acceptors (Lipinski definition) is 10. The van der Waals surface area contributed by atoms with E-state index < -0.39 is 59.8 Å². The Morgan fingerprint density at radius 1 is 1.05 bits per heavy atom. The Morgan fingerprint density at radius 2 is 1.82 bits per heavy atom. The fourth-order valence-corrected chi connectivity index (χ4v) is 14.0. The molecule has 1 aliphatic carbocycles. The minimum absolute atomic E-state index is 0.283. The Hall–Kier alpha value is -3.72. The minimum atomic E-state index is -2.25. The van der Waals surface area contributed by atoms with Crippen molar-refractivity contribution in [1.29, 1.82) is 0 Å². The lowest BCUT2D eigenvalue weighted by Gasteiger charge is -2.68. The number of anilines is 1. The number of fused-ring (bicyclic) bond motifs is 4. The molecule has 61 heavy (non-hydrogen) atoms. The Balaban J connectivity index is 1.42. The molecule has 1 spiro atoms. The number of amides is 1. The first-order valence-corrected chi connectivity index (χ1v) is 25.3. The fourth-order valence-electron chi connectivity index (χ4n) is 13.1. The van der Waals surface area contributed by atoms with E-state index in [4.69, 9.17) is 9.47 Å². The zero-order valence-electron chi connectivity index (χ0n) is 37.5. The maximum absolute atomic E-state index is 15.2. The van der Waals surface area contributed by atoms with Gasteiger partial charge < -0.3 is 45.3 Å². The fraction of sp³-hybridized carbons (Fsp3) is 0.625. The number of aromatic amines is 1. The number of H-pyrrole nitrogens is 1. The van der Waals surface area contributed by atoms with Crippen LogP contribution in [0, 0.1) is 5.41 Å². The second-order valence-electron chi connectivity index (χ2n) is 19.2.